The Kier molecular flexibility index (Phi) is 3.74. The summed E-state index contributed by atoms with van der Waals surface area (Å²) in [5.41, 5.74) is 8.42. The molecule has 0 fully saturated rings. The summed E-state index contributed by atoms with van der Waals surface area (Å²) in [5, 5.41) is 6.89. The van der Waals surface area contributed by atoms with Crippen molar-refractivity contribution in [3.05, 3.63) is 42.2 Å². The number of nitrogens with zero attached hydrogens (tertiary/aromatic N) is 2. The molecule has 0 unspecified atom stereocenters. The van der Waals surface area contributed by atoms with E-state index in [1.54, 1.807) is 4.68 Å². The van der Waals surface area contributed by atoms with Gasteiger partial charge in [-0.3, -0.25) is 9.48 Å². The molecule has 2 aromatic rings. The topological polar surface area (TPSA) is 72.9 Å². The fraction of sp³-hybridized carbons (Fsp3) is 0.231. The van der Waals surface area contributed by atoms with Gasteiger partial charge in [-0.25, -0.2) is 0 Å². The molecule has 0 spiro atoms. The molecule has 1 amide bonds. The molecule has 0 aliphatic heterocycles. The highest BCUT2D eigenvalue weighted by atomic mass is 16.1. The van der Waals surface area contributed by atoms with Gasteiger partial charge in [-0.15, -0.1) is 0 Å². The normalized spacial score (nSPS) is 10.3. The number of aromatic nitrogens is 2. The van der Waals surface area contributed by atoms with E-state index in [1.165, 1.54) is 0 Å². The largest absolute Gasteiger partial charge is 0.351 e. The minimum absolute atomic E-state index is 0.0162. The van der Waals surface area contributed by atoms with Crippen LogP contribution in [0.15, 0.2) is 36.7 Å². The minimum atomic E-state index is -0.151. The highest BCUT2D eigenvalue weighted by Crippen LogP contribution is 2.19. The lowest BCUT2D eigenvalue weighted by atomic mass is 10.1. The molecule has 5 nitrogen and oxygen atoms in total. The molecule has 0 aliphatic carbocycles. The second-order valence-electron chi connectivity index (χ2n) is 4.08. The van der Waals surface area contributed by atoms with Crippen LogP contribution in [0.3, 0.4) is 0 Å². The second kappa shape index (κ2) is 5.46. The highest BCUT2D eigenvalue weighted by molar-refractivity contribution is 5.77. The number of hydrogen-bond acceptors (Lipinski definition) is 3. The van der Waals surface area contributed by atoms with Crippen LogP contribution in [0.5, 0.6) is 0 Å². The van der Waals surface area contributed by atoms with Crippen LogP contribution in [0.4, 0.5) is 0 Å². The number of hydrogen-bond donors (Lipinski definition) is 2. The molecule has 0 aliphatic rings. The van der Waals surface area contributed by atoms with Gasteiger partial charge in [-0.1, -0.05) is 18.2 Å². The standard InChI is InChI=1S/C13H16N4O/c1-17-9-12(8-16-17)11-4-2-3-10(5-11)7-15-13(18)6-14/h2-5,8-9H,6-7,14H2,1H3,(H,15,18). The number of amides is 1. The zero-order valence-electron chi connectivity index (χ0n) is 10.3. The van der Waals surface area contributed by atoms with E-state index in [4.69, 9.17) is 5.73 Å². The fourth-order valence-electron chi connectivity index (χ4n) is 1.70. The predicted octanol–water partition coefficient (Wildman–Crippen LogP) is 0.662. The molecule has 1 aromatic carbocycles. The second-order valence-corrected chi connectivity index (χ2v) is 4.08. The number of carbonyl (C=O) groups is 1. The van der Waals surface area contributed by atoms with E-state index in [9.17, 15) is 4.79 Å². The van der Waals surface area contributed by atoms with Crippen LogP contribution in [-0.2, 0) is 18.4 Å². The van der Waals surface area contributed by atoms with E-state index in [2.05, 4.69) is 10.4 Å². The third-order valence-electron chi connectivity index (χ3n) is 2.64. The van der Waals surface area contributed by atoms with Gasteiger partial charge < -0.3 is 11.1 Å². The number of carbonyl (C=O) groups excluding carboxylic acids is 1. The molecule has 0 saturated heterocycles. The lowest BCUT2D eigenvalue weighted by Crippen LogP contribution is -2.29. The molecule has 0 radical (unpaired) electrons. The third kappa shape index (κ3) is 2.95. The average Bonchev–Trinajstić information content (AvgIpc) is 2.83. The Balaban J connectivity index is 2.12. The van der Waals surface area contributed by atoms with Crippen LogP contribution < -0.4 is 11.1 Å². The van der Waals surface area contributed by atoms with E-state index in [1.807, 2.05) is 43.7 Å². The van der Waals surface area contributed by atoms with Gasteiger partial charge in [0.2, 0.25) is 5.91 Å². The van der Waals surface area contributed by atoms with Crippen LogP contribution in [-0.4, -0.2) is 22.2 Å². The lowest BCUT2D eigenvalue weighted by Gasteiger charge is -2.05. The van der Waals surface area contributed by atoms with Crippen LogP contribution in [0.2, 0.25) is 0 Å². The van der Waals surface area contributed by atoms with Gasteiger partial charge in [-0.05, 0) is 17.2 Å². The van der Waals surface area contributed by atoms with Crippen LogP contribution in [0.1, 0.15) is 5.56 Å². The zero-order valence-corrected chi connectivity index (χ0v) is 10.3. The highest BCUT2D eigenvalue weighted by Gasteiger charge is 2.02. The summed E-state index contributed by atoms with van der Waals surface area (Å²) < 4.78 is 1.76. The van der Waals surface area contributed by atoms with Gasteiger partial charge in [-0.2, -0.15) is 5.10 Å². The Morgan fingerprint density at radius 2 is 2.28 bits per heavy atom. The van der Waals surface area contributed by atoms with Crippen molar-refractivity contribution in [3.8, 4) is 11.1 Å². The van der Waals surface area contributed by atoms with Gasteiger partial charge in [0.05, 0.1) is 12.7 Å². The van der Waals surface area contributed by atoms with Crippen molar-refractivity contribution >= 4 is 5.91 Å². The summed E-state index contributed by atoms with van der Waals surface area (Å²) in [6.07, 6.45) is 3.77. The first-order chi connectivity index (χ1) is 8.69. The Labute approximate surface area is 106 Å². The quantitative estimate of drug-likeness (QED) is 0.830. The van der Waals surface area contributed by atoms with E-state index in [-0.39, 0.29) is 12.5 Å². The van der Waals surface area contributed by atoms with Crippen molar-refractivity contribution in [3.63, 3.8) is 0 Å². The van der Waals surface area contributed by atoms with Gasteiger partial charge >= 0.3 is 0 Å². The van der Waals surface area contributed by atoms with Crippen molar-refractivity contribution < 1.29 is 4.79 Å². The maximum absolute atomic E-state index is 11.1. The zero-order chi connectivity index (χ0) is 13.0. The van der Waals surface area contributed by atoms with E-state index in [0.29, 0.717) is 6.54 Å². The summed E-state index contributed by atoms with van der Waals surface area (Å²) >= 11 is 0. The SMILES string of the molecule is Cn1cc(-c2cccc(CNC(=O)CN)c2)cn1. The molecule has 1 heterocycles. The summed E-state index contributed by atoms with van der Waals surface area (Å²) in [6, 6.07) is 7.99. The fourth-order valence-corrected chi connectivity index (χ4v) is 1.70. The van der Waals surface area contributed by atoms with Gasteiger partial charge in [0.25, 0.3) is 0 Å². The van der Waals surface area contributed by atoms with Crippen LogP contribution >= 0.6 is 0 Å². The molecule has 0 saturated carbocycles. The third-order valence-corrected chi connectivity index (χ3v) is 2.64. The predicted molar refractivity (Wildman–Crippen MR) is 69.5 cm³/mol. The molecule has 3 N–H and O–H groups in total. The van der Waals surface area contributed by atoms with Crippen molar-refractivity contribution in [1.82, 2.24) is 15.1 Å². The van der Waals surface area contributed by atoms with E-state index in [0.717, 1.165) is 16.7 Å². The Bertz CT molecular complexity index is 547. The maximum Gasteiger partial charge on any atom is 0.234 e. The first kappa shape index (κ1) is 12.3. The van der Waals surface area contributed by atoms with E-state index >= 15 is 0 Å². The number of nitrogens with one attached hydrogen (secondary N) is 1. The first-order valence-electron chi connectivity index (χ1n) is 5.74. The summed E-state index contributed by atoms with van der Waals surface area (Å²) in [7, 11) is 1.88. The number of benzene rings is 1. The monoisotopic (exact) mass is 244 g/mol. The van der Waals surface area contributed by atoms with Gasteiger partial charge in [0.15, 0.2) is 0 Å². The summed E-state index contributed by atoms with van der Waals surface area (Å²) in [4.78, 5) is 11.1. The number of aryl methyl sites for hydroxylation is 1. The van der Waals surface area contributed by atoms with Gasteiger partial charge in [0.1, 0.15) is 0 Å². The molecule has 18 heavy (non-hydrogen) atoms. The van der Waals surface area contributed by atoms with Crippen molar-refractivity contribution in [2.45, 2.75) is 6.54 Å². The van der Waals surface area contributed by atoms with Crippen molar-refractivity contribution in [2.24, 2.45) is 12.8 Å². The Hall–Kier alpha value is -2.14. The number of rotatable bonds is 4. The molecular formula is C13H16N4O. The molecular weight excluding hydrogens is 228 g/mol. The van der Waals surface area contributed by atoms with Crippen molar-refractivity contribution in [1.29, 1.82) is 0 Å². The van der Waals surface area contributed by atoms with Crippen LogP contribution in [0, 0.1) is 0 Å². The maximum atomic E-state index is 11.1. The first-order valence-corrected chi connectivity index (χ1v) is 5.74. The smallest absolute Gasteiger partial charge is 0.234 e. The van der Waals surface area contributed by atoms with E-state index < -0.39 is 0 Å². The average molecular weight is 244 g/mol. The number of nitrogens with two attached hydrogens (primary N) is 1. The molecule has 0 atom stereocenters. The summed E-state index contributed by atoms with van der Waals surface area (Å²) in [5.74, 6) is -0.151. The molecule has 1 aromatic heterocycles. The Morgan fingerprint density at radius 3 is 2.94 bits per heavy atom. The van der Waals surface area contributed by atoms with Gasteiger partial charge in [0, 0.05) is 25.4 Å². The van der Waals surface area contributed by atoms with Crippen LogP contribution in [0.25, 0.3) is 11.1 Å². The molecule has 0 bridgehead atoms. The summed E-state index contributed by atoms with van der Waals surface area (Å²) in [6.45, 7) is 0.506. The molecule has 94 valence electrons. The molecule has 2 rings (SSSR count). The minimum Gasteiger partial charge on any atom is -0.351 e. The molecule has 5 heteroatoms. The lowest BCUT2D eigenvalue weighted by molar-refractivity contribution is -0.119. The Morgan fingerprint density at radius 1 is 1.44 bits per heavy atom. The van der Waals surface area contributed by atoms with Crippen molar-refractivity contribution in [2.75, 3.05) is 6.54 Å².